The molecular formula is C23H20FN3O3S2. The molecule has 0 atom stereocenters. The summed E-state index contributed by atoms with van der Waals surface area (Å²) in [6, 6.07) is 18.9. The fraction of sp³-hybridized carbons (Fsp3) is 0.130. The van der Waals surface area contributed by atoms with E-state index in [1.807, 2.05) is 17.6 Å². The van der Waals surface area contributed by atoms with Crippen LogP contribution in [0.1, 0.15) is 17.3 Å². The van der Waals surface area contributed by atoms with Crippen LogP contribution in [-0.2, 0) is 16.6 Å². The van der Waals surface area contributed by atoms with Crippen molar-refractivity contribution in [3.8, 4) is 0 Å². The minimum absolute atomic E-state index is 0.0707. The molecule has 0 spiro atoms. The van der Waals surface area contributed by atoms with Crippen LogP contribution in [0.4, 0.5) is 10.1 Å². The zero-order valence-corrected chi connectivity index (χ0v) is 19.0. The Labute approximate surface area is 188 Å². The van der Waals surface area contributed by atoms with Crippen LogP contribution in [0.3, 0.4) is 0 Å². The van der Waals surface area contributed by atoms with Crippen LogP contribution in [0.25, 0.3) is 10.2 Å². The van der Waals surface area contributed by atoms with Crippen molar-refractivity contribution in [2.24, 2.45) is 4.99 Å². The quantitative estimate of drug-likeness (QED) is 0.434. The summed E-state index contributed by atoms with van der Waals surface area (Å²) in [6.07, 6.45) is 0. The number of halogens is 1. The average Bonchev–Trinajstić information content (AvgIpc) is 3.14. The third-order valence-electron chi connectivity index (χ3n) is 5.04. The summed E-state index contributed by atoms with van der Waals surface area (Å²) in [7, 11) is -2.29. The van der Waals surface area contributed by atoms with Crippen molar-refractivity contribution in [2.45, 2.75) is 18.4 Å². The topological polar surface area (TPSA) is 71.7 Å². The zero-order valence-electron chi connectivity index (χ0n) is 17.4. The number of nitrogens with zero attached hydrogens (tertiary/aromatic N) is 3. The van der Waals surface area contributed by atoms with E-state index in [4.69, 9.17) is 0 Å². The SMILES string of the molecule is CCn1c(=NC(=O)c2ccc(S(=O)(=O)N(C)c3ccccc3)cc2)sc2cc(F)ccc21. The smallest absolute Gasteiger partial charge is 0.279 e. The molecular weight excluding hydrogens is 449 g/mol. The fourth-order valence-corrected chi connectivity index (χ4v) is 5.61. The second-order valence-electron chi connectivity index (χ2n) is 6.99. The minimum Gasteiger partial charge on any atom is -0.317 e. The fourth-order valence-electron chi connectivity index (χ4n) is 3.29. The minimum atomic E-state index is -3.77. The number of para-hydroxylation sites is 1. The van der Waals surface area contributed by atoms with Crippen molar-refractivity contribution in [3.05, 3.63) is 89.0 Å². The first kappa shape index (κ1) is 21.9. The first-order chi connectivity index (χ1) is 15.3. The molecule has 164 valence electrons. The Hall–Kier alpha value is -3.30. The number of thiazole rings is 1. The van der Waals surface area contributed by atoms with E-state index in [1.54, 1.807) is 30.3 Å². The second-order valence-corrected chi connectivity index (χ2v) is 9.97. The molecule has 0 unspecified atom stereocenters. The van der Waals surface area contributed by atoms with Gasteiger partial charge in [0.15, 0.2) is 4.80 Å². The van der Waals surface area contributed by atoms with Gasteiger partial charge >= 0.3 is 0 Å². The van der Waals surface area contributed by atoms with E-state index in [2.05, 4.69) is 4.99 Å². The van der Waals surface area contributed by atoms with Crippen molar-refractivity contribution in [2.75, 3.05) is 11.4 Å². The highest BCUT2D eigenvalue weighted by atomic mass is 32.2. The number of sulfonamides is 1. The number of hydrogen-bond acceptors (Lipinski definition) is 4. The molecule has 0 radical (unpaired) electrons. The number of aryl methyl sites for hydroxylation is 1. The van der Waals surface area contributed by atoms with E-state index in [0.29, 0.717) is 21.7 Å². The highest BCUT2D eigenvalue weighted by molar-refractivity contribution is 7.92. The number of rotatable bonds is 5. The van der Waals surface area contributed by atoms with Crippen molar-refractivity contribution in [1.29, 1.82) is 0 Å². The van der Waals surface area contributed by atoms with Crippen LogP contribution in [0, 0.1) is 5.82 Å². The molecule has 32 heavy (non-hydrogen) atoms. The van der Waals surface area contributed by atoms with E-state index in [9.17, 15) is 17.6 Å². The number of fused-ring (bicyclic) bond motifs is 1. The van der Waals surface area contributed by atoms with Gasteiger partial charge in [-0.3, -0.25) is 9.10 Å². The molecule has 1 amide bonds. The maximum Gasteiger partial charge on any atom is 0.279 e. The third-order valence-corrected chi connectivity index (χ3v) is 7.88. The molecule has 6 nitrogen and oxygen atoms in total. The van der Waals surface area contributed by atoms with Gasteiger partial charge < -0.3 is 4.57 Å². The van der Waals surface area contributed by atoms with Crippen LogP contribution in [0.5, 0.6) is 0 Å². The number of carbonyl (C=O) groups excluding carboxylic acids is 1. The third kappa shape index (κ3) is 4.09. The van der Waals surface area contributed by atoms with Crippen LogP contribution in [-0.4, -0.2) is 25.9 Å². The summed E-state index contributed by atoms with van der Waals surface area (Å²) < 4.78 is 43.1. The molecule has 0 saturated heterocycles. The van der Waals surface area contributed by atoms with Crippen molar-refractivity contribution >= 4 is 43.2 Å². The van der Waals surface area contributed by atoms with Crippen LogP contribution in [0.15, 0.2) is 82.7 Å². The lowest BCUT2D eigenvalue weighted by Gasteiger charge is -2.19. The molecule has 0 N–H and O–H groups in total. The number of aromatic nitrogens is 1. The van der Waals surface area contributed by atoms with Gasteiger partial charge in [0.25, 0.3) is 15.9 Å². The standard InChI is InChI=1S/C23H20FN3O3S2/c1-3-27-20-14-11-17(24)15-21(20)31-23(27)25-22(28)16-9-12-19(13-10-16)32(29,30)26(2)18-7-5-4-6-8-18/h4-15H,3H2,1-2H3. The summed E-state index contributed by atoms with van der Waals surface area (Å²) in [4.78, 5) is 17.5. The number of hydrogen-bond donors (Lipinski definition) is 0. The average molecular weight is 470 g/mol. The molecule has 9 heteroatoms. The van der Waals surface area contributed by atoms with Crippen molar-refractivity contribution in [1.82, 2.24) is 4.57 Å². The summed E-state index contributed by atoms with van der Waals surface area (Å²) in [5, 5.41) is 0. The summed E-state index contributed by atoms with van der Waals surface area (Å²) in [5.74, 6) is -0.850. The lowest BCUT2D eigenvalue weighted by atomic mass is 10.2. The van der Waals surface area contributed by atoms with Gasteiger partial charge in [0, 0.05) is 19.2 Å². The molecule has 0 fully saturated rings. The first-order valence-electron chi connectivity index (χ1n) is 9.83. The highest BCUT2D eigenvalue weighted by Gasteiger charge is 2.21. The summed E-state index contributed by atoms with van der Waals surface area (Å²) in [6.45, 7) is 2.49. The second kappa shape index (κ2) is 8.68. The molecule has 0 aliphatic carbocycles. The van der Waals surface area contributed by atoms with Gasteiger partial charge in [-0.1, -0.05) is 29.5 Å². The van der Waals surface area contributed by atoms with Gasteiger partial charge in [-0.05, 0) is 61.5 Å². The van der Waals surface area contributed by atoms with Gasteiger partial charge in [-0.2, -0.15) is 4.99 Å². The number of amides is 1. The van der Waals surface area contributed by atoms with E-state index in [0.717, 1.165) is 5.52 Å². The summed E-state index contributed by atoms with van der Waals surface area (Å²) >= 11 is 1.23. The Kier molecular flexibility index (Phi) is 5.94. The molecule has 0 aliphatic rings. The van der Waals surface area contributed by atoms with Gasteiger partial charge in [0.2, 0.25) is 0 Å². The Morgan fingerprint density at radius 2 is 1.75 bits per heavy atom. The molecule has 4 aromatic rings. The van der Waals surface area contributed by atoms with E-state index in [-0.39, 0.29) is 16.3 Å². The van der Waals surface area contributed by atoms with Crippen molar-refractivity contribution in [3.63, 3.8) is 0 Å². The monoisotopic (exact) mass is 469 g/mol. The Morgan fingerprint density at radius 3 is 2.41 bits per heavy atom. The Morgan fingerprint density at radius 1 is 1.06 bits per heavy atom. The summed E-state index contributed by atoms with van der Waals surface area (Å²) in [5.41, 5.74) is 1.60. The molecule has 0 saturated carbocycles. The first-order valence-corrected chi connectivity index (χ1v) is 12.1. The van der Waals surface area contributed by atoms with Gasteiger partial charge in [-0.25, -0.2) is 12.8 Å². The molecule has 1 aromatic heterocycles. The molecule has 1 heterocycles. The number of carbonyl (C=O) groups is 1. The molecule has 4 rings (SSSR count). The predicted octanol–water partition coefficient (Wildman–Crippen LogP) is 4.43. The van der Waals surface area contributed by atoms with E-state index >= 15 is 0 Å². The highest BCUT2D eigenvalue weighted by Crippen LogP contribution is 2.22. The zero-order chi connectivity index (χ0) is 22.9. The normalized spacial score (nSPS) is 12.3. The lowest BCUT2D eigenvalue weighted by Crippen LogP contribution is -2.26. The predicted molar refractivity (Wildman–Crippen MR) is 124 cm³/mol. The number of benzene rings is 3. The van der Waals surface area contributed by atoms with Gasteiger partial charge in [0.1, 0.15) is 5.82 Å². The molecule has 0 bridgehead atoms. The maximum absolute atomic E-state index is 13.6. The van der Waals surface area contributed by atoms with Crippen LogP contribution in [0.2, 0.25) is 0 Å². The Bertz CT molecular complexity index is 1460. The molecule has 0 aliphatic heterocycles. The lowest BCUT2D eigenvalue weighted by molar-refractivity contribution is 0.0997. The van der Waals surface area contributed by atoms with Gasteiger partial charge in [0.05, 0.1) is 20.8 Å². The largest absolute Gasteiger partial charge is 0.317 e. The number of anilines is 1. The van der Waals surface area contributed by atoms with Crippen molar-refractivity contribution < 1.29 is 17.6 Å². The molecule has 3 aromatic carbocycles. The van der Waals surface area contributed by atoms with Crippen LogP contribution >= 0.6 is 11.3 Å². The van der Waals surface area contributed by atoms with E-state index < -0.39 is 15.9 Å². The maximum atomic E-state index is 13.6. The van der Waals surface area contributed by atoms with Gasteiger partial charge in [-0.15, -0.1) is 0 Å². The van der Waals surface area contributed by atoms with E-state index in [1.165, 1.54) is 59.1 Å². The van der Waals surface area contributed by atoms with Crippen LogP contribution < -0.4 is 9.11 Å². The Balaban J connectivity index is 1.65.